The Morgan fingerprint density at radius 2 is 1.79 bits per heavy atom. The van der Waals surface area contributed by atoms with Crippen molar-refractivity contribution in [1.82, 2.24) is 4.90 Å². The third-order valence-electron chi connectivity index (χ3n) is 7.19. The number of para-hydroxylation sites is 1. The molecule has 8 nitrogen and oxygen atoms in total. The van der Waals surface area contributed by atoms with Gasteiger partial charge in [0.25, 0.3) is 5.69 Å². The Morgan fingerprint density at radius 1 is 1.06 bits per heavy atom. The highest BCUT2D eigenvalue weighted by Crippen LogP contribution is 2.50. The Balaban J connectivity index is 1.65. The number of hydrogen-bond acceptors (Lipinski definition) is 6. The Bertz CT molecular complexity index is 1250. The van der Waals surface area contributed by atoms with Gasteiger partial charge in [-0.3, -0.25) is 29.4 Å². The molecule has 3 aliphatic rings. The number of fused-ring (bicyclic) bond motifs is 5. The van der Waals surface area contributed by atoms with Crippen molar-refractivity contribution in [3.8, 4) is 0 Å². The van der Waals surface area contributed by atoms with Crippen molar-refractivity contribution in [1.29, 1.82) is 0 Å². The standard InChI is InChI=1S/C26H25N3O5/c1-3-4-12-27-25(31)21-20-13-15(2)18-10-5-6-11-19(18)28(20)23(22(21)26(27)32)24(30)16-8-7-9-17(14-16)29(33)34/h5-11,13-14,20-23H,3-4,12H2,1-2H3/t20-,21+,22+,23-/m0/s1. The van der Waals surface area contributed by atoms with Crippen LogP contribution in [0.3, 0.4) is 0 Å². The van der Waals surface area contributed by atoms with E-state index in [9.17, 15) is 24.5 Å². The van der Waals surface area contributed by atoms with E-state index in [1.54, 1.807) is 0 Å². The largest absolute Gasteiger partial charge is 0.352 e. The van der Waals surface area contributed by atoms with Gasteiger partial charge in [0, 0.05) is 35.5 Å². The number of nitrogens with zero attached hydrogens (tertiary/aromatic N) is 3. The quantitative estimate of drug-likeness (QED) is 0.281. The average molecular weight is 460 g/mol. The maximum absolute atomic E-state index is 13.9. The average Bonchev–Trinajstić information content (AvgIpc) is 3.30. The number of likely N-dealkylation sites (tertiary alicyclic amines) is 1. The van der Waals surface area contributed by atoms with Crippen LogP contribution in [0.4, 0.5) is 11.4 Å². The number of non-ortho nitro benzene ring substituents is 1. The summed E-state index contributed by atoms with van der Waals surface area (Å²) in [4.78, 5) is 54.9. The molecule has 2 amide bonds. The molecule has 4 atom stereocenters. The van der Waals surface area contributed by atoms with E-state index in [1.807, 2.05) is 49.1 Å². The van der Waals surface area contributed by atoms with Gasteiger partial charge >= 0.3 is 0 Å². The number of carbonyl (C=O) groups is 3. The lowest BCUT2D eigenvalue weighted by Gasteiger charge is -2.38. The molecule has 8 heteroatoms. The van der Waals surface area contributed by atoms with Crippen LogP contribution >= 0.6 is 0 Å². The minimum absolute atomic E-state index is 0.162. The number of unbranched alkanes of at least 4 members (excludes halogenated alkanes) is 1. The summed E-state index contributed by atoms with van der Waals surface area (Å²) in [7, 11) is 0. The molecule has 0 bridgehead atoms. The lowest BCUT2D eigenvalue weighted by molar-refractivity contribution is -0.384. The van der Waals surface area contributed by atoms with Gasteiger partial charge in [0.05, 0.1) is 22.8 Å². The number of imide groups is 1. The molecular weight excluding hydrogens is 434 g/mol. The number of rotatable bonds is 6. The highest BCUT2D eigenvalue weighted by Gasteiger charge is 2.64. The number of hydrogen-bond donors (Lipinski definition) is 0. The summed E-state index contributed by atoms with van der Waals surface area (Å²) in [6, 6.07) is 11.9. The Morgan fingerprint density at radius 3 is 2.53 bits per heavy atom. The van der Waals surface area contributed by atoms with Gasteiger partial charge in [-0.05, 0) is 25.0 Å². The summed E-state index contributed by atoms with van der Waals surface area (Å²) in [6.45, 7) is 4.30. The zero-order valence-corrected chi connectivity index (χ0v) is 19.0. The fraction of sp³-hybridized carbons (Fsp3) is 0.346. The van der Waals surface area contributed by atoms with E-state index in [-0.39, 0.29) is 28.8 Å². The maximum atomic E-state index is 13.9. The summed E-state index contributed by atoms with van der Waals surface area (Å²) in [5.41, 5.74) is 2.70. The third kappa shape index (κ3) is 3.16. The molecule has 0 saturated carbocycles. The normalized spacial score (nSPS) is 25.1. The molecule has 2 aromatic carbocycles. The van der Waals surface area contributed by atoms with E-state index in [2.05, 4.69) is 0 Å². The zero-order chi connectivity index (χ0) is 24.1. The molecule has 0 spiro atoms. The Kier molecular flexibility index (Phi) is 5.31. The van der Waals surface area contributed by atoms with E-state index < -0.39 is 28.8 Å². The first kappa shape index (κ1) is 22.0. The van der Waals surface area contributed by atoms with Crippen molar-refractivity contribution in [3.63, 3.8) is 0 Å². The summed E-state index contributed by atoms with van der Waals surface area (Å²) in [5.74, 6) is -2.46. The monoisotopic (exact) mass is 459 g/mol. The van der Waals surface area contributed by atoms with Gasteiger partial charge in [-0.15, -0.1) is 0 Å². The van der Waals surface area contributed by atoms with Crippen LogP contribution in [-0.2, 0) is 9.59 Å². The van der Waals surface area contributed by atoms with Crippen LogP contribution in [-0.4, -0.2) is 46.0 Å². The topological polar surface area (TPSA) is 101 Å². The van der Waals surface area contributed by atoms with Crippen LogP contribution in [0, 0.1) is 22.0 Å². The van der Waals surface area contributed by atoms with E-state index in [4.69, 9.17) is 0 Å². The second-order valence-corrected chi connectivity index (χ2v) is 9.11. The maximum Gasteiger partial charge on any atom is 0.270 e. The molecule has 5 rings (SSSR count). The van der Waals surface area contributed by atoms with E-state index in [1.165, 1.54) is 29.2 Å². The first-order valence-electron chi connectivity index (χ1n) is 11.5. The molecular formula is C26H25N3O5. The predicted molar refractivity (Wildman–Crippen MR) is 126 cm³/mol. The first-order valence-corrected chi connectivity index (χ1v) is 11.5. The fourth-order valence-corrected chi connectivity index (χ4v) is 5.64. The van der Waals surface area contributed by atoms with Crippen molar-refractivity contribution in [3.05, 3.63) is 75.8 Å². The van der Waals surface area contributed by atoms with Gasteiger partial charge in [-0.1, -0.05) is 49.8 Å². The van der Waals surface area contributed by atoms with Crippen molar-refractivity contribution in [2.45, 2.75) is 38.8 Å². The summed E-state index contributed by atoms with van der Waals surface area (Å²) >= 11 is 0. The number of Topliss-reactive ketones (excluding diaryl/α,β-unsaturated/α-hetero) is 1. The lowest BCUT2D eigenvalue weighted by Crippen LogP contribution is -2.49. The summed E-state index contributed by atoms with van der Waals surface area (Å²) in [6.07, 6.45) is 3.52. The van der Waals surface area contributed by atoms with E-state index >= 15 is 0 Å². The first-order chi connectivity index (χ1) is 16.3. The van der Waals surface area contributed by atoms with Gasteiger partial charge in [-0.2, -0.15) is 0 Å². The molecule has 0 unspecified atom stereocenters. The number of carbonyl (C=O) groups excluding carboxylic acids is 3. The van der Waals surface area contributed by atoms with E-state index in [0.717, 1.165) is 23.2 Å². The van der Waals surface area contributed by atoms with Crippen LogP contribution < -0.4 is 4.90 Å². The summed E-state index contributed by atoms with van der Waals surface area (Å²) < 4.78 is 0. The third-order valence-corrected chi connectivity index (χ3v) is 7.19. The molecule has 34 heavy (non-hydrogen) atoms. The highest BCUT2D eigenvalue weighted by atomic mass is 16.6. The Labute approximate surface area is 197 Å². The molecule has 0 N–H and O–H groups in total. The molecule has 3 aliphatic heterocycles. The number of ketones is 1. The second kappa shape index (κ2) is 8.20. The zero-order valence-electron chi connectivity index (χ0n) is 19.0. The Hall–Kier alpha value is -3.81. The molecule has 2 saturated heterocycles. The van der Waals surface area contributed by atoms with Gasteiger partial charge in [0.2, 0.25) is 11.8 Å². The number of nitro benzene ring substituents is 1. The van der Waals surface area contributed by atoms with Gasteiger partial charge in [-0.25, -0.2) is 0 Å². The van der Waals surface area contributed by atoms with Crippen LogP contribution in [0.25, 0.3) is 5.57 Å². The summed E-state index contributed by atoms with van der Waals surface area (Å²) in [5, 5.41) is 11.3. The van der Waals surface area contributed by atoms with Gasteiger partial charge < -0.3 is 4.90 Å². The molecule has 3 heterocycles. The molecule has 0 radical (unpaired) electrons. The molecule has 174 valence electrons. The van der Waals surface area contributed by atoms with Crippen LogP contribution in [0.5, 0.6) is 0 Å². The number of benzene rings is 2. The lowest BCUT2D eigenvalue weighted by atomic mass is 9.85. The second-order valence-electron chi connectivity index (χ2n) is 9.11. The predicted octanol–water partition coefficient (Wildman–Crippen LogP) is 3.85. The smallest absolute Gasteiger partial charge is 0.270 e. The van der Waals surface area contributed by atoms with Crippen LogP contribution in [0.2, 0.25) is 0 Å². The number of amides is 2. The minimum atomic E-state index is -0.925. The molecule has 0 aromatic heterocycles. The molecule has 2 aromatic rings. The number of allylic oxidation sites excluding steroid dienone is 1. The van der Waals surface area contributed by atoms with E-state index in [0.29, 0.717) is 13.0 Å². The highest BCUT2D eigenvalue weighted by molar-refractivity contribution is 6.14. The molecule has 0 aliphatic carbocycles. The van der Waals surface area contributed by atoms with Gasteiger partial charge in [0.15, 0.2) is 5.78 Å². The number of anilines is 1. The van der Waals surface area contributed by atoms with Crippen molar-refractivity contribution in [2.75, 3.05) is 11.4 Å². The van der Waals surface area contributed by atoms with Crippen LogP contribution in [0.1, 0.15) is 42.6 Å². The fourth-order valence-electron chi connectivity index (χ4n) is 5.64. The number of nitro groups is 1. The SMILES string of the molecule is CCCCN1C(=O)[C@@H]2[C@H](C1=O)[C@@H]1C=C(C)c3ccccc3N1[C@@H]2C(=O)c1cccc([N+](=O)[O-])c1. The van der Waals surface area contributed by atoms with Crippen molar-refractivity contribution in [2.24, 2.45) is 11.8 Å². The van der Waals surface area contributed by atoms with Crippen LogP contribution in [0.15, 0.2) is 54.6 Å². The van der Waals surface area contributed by atoms with Gasteiger partial charge in [0.1, 0.15) is 6.04 Å². The minimum Gasteiger partial charge on any atom is -0.352 e. The molecule has 2 fully saturated rings. The van der Waals surface area contributed by atoms with Crippen molar-refractivity contribution < 1.29 is 19.3 Å². The van der Waals surface area contributed by atoms with Crippen molar-refractivity contribution >= 4 is 34.5 Å².